The fraction of sp³-hybridized carbons (Fsp3) is 0.857. The minimum atomic E-state index is 0.984. The predicted molar refractivity (Wildman–Crippen MR) is 133 cm³/mol. The molecule has 0 radical (unpaired) electrons. The van der Waals surface area contributed by atoms with Crippen molar-refractivity contribution in [2.75, 3.05) is 13.2 Å². The Morgan fingerprint density at radius 1 is 0.379 bits per heavy atom. The smallest absolute Gasteiger partial charge is 0.0466 e. The van der Waals surface area contributed by atoms with Gasteiger partial charge in [-0.1, -0.05) is 114 Å². The molecule has 0 aliphatic rings. The summed E-state index contributed by atoms with van der Waals surface area (Å²) in [7, 11) is 0. The molecule has 1 heteroatoms. The highest BCUT2D eigenvalue weighted by atomic mass is 16.5. The molecule has 0 rings (SSSR count). The van der Waals surface area contributed by atoms with Crippen molar-refractivity contribution in [1.29, 1.82) is 0 Å². The molecule has 0 aromatic heterocycles. The van der Waals surface area contributed by atoms with Gasteiger partial charge in [0, 0.05) is 13.2 Å². The van der Waals surface area contributed by atoms with Crippen molar-refractivity contribution >= 4 is 0 Å². The second-order valence-corrected chi connectivity index (χ2v) is 8.69. The Morgan fingerprint density at radius 3 is 0.966 bits per heavy atom. The van der Waals surface area contributed by atoms with Gasteiger partial charge in [-0.15, -0.1) is 0 Å². The second-order valence-electron chi connectivity index (χ2n) is 8.69. The monoisotopic (exact) mass is 406 g/mol. The highest BCUT2D eigenvalue weighted by Gasteiger charge is 1.95. The highest BCUT2D eigenvalue weighted by Crippen LogP contribution is 2.12. The van der Waals surface area contributed by atoms with Crippen LogP contribution < -0.4 is 0 Å². The maximum Gasteiger partial charge on any atom is 0.0466 e. The Kier molecular flexibility index (Phi) is 26.9. The standard InChI is InChI=1S/C28H54O/c1-3-5-7-9-11-13-15-17-19-21-23-25-27-29-28-26-24-22-20-18-16-14-12-10-8-6-4-2/h3-6H,7-28H2,1-2H3. The lowest BCUT2D eigenvalue weighted by atomic mass is 10.1. The lowest BCUT2D eigenvalue weighted by Crippen LogP contribution is -1.97. The first-order chi connectivity index (χ1) is 14.4. The maximum absolute atomic E-state index is 5.81. The molecule has 1 nitrogen and oxygen atoms in total. The van der Waals surface area contributed by atoms with Gasteiger partial charge in [-0.25, -0.2) is 0 Å². The van der Waals surface area contributed by atoms with Crippen molar-refractivity contribution in [3.8, 4) is 0 Å². The van der Waals surface area contributed by atoms with Gasteiger partial charge in [0.1, 0.15) is 0 Å². The van der Waals surface area contributed by atoms with Gasteiger partial charge < -0.3 is 4.74 Å². The van der Waals surface area contributed by atoms with E-state index in [9.17, 15) is 0 Å². The van der Waals surface area contributed by atoms with Gasteiger partial charge >= 0.3 is 0 Å². The van der Waals surface area contributed by atoms with E-state index in [0.717, 1.165) is 13.2 Å². The molecule has 0 atom stereocenters. The molecule has 0 saturated carbocycles. The first-order valence-electron chi connectivity index (χ1n) is 13.2. The number of ether oxygens (including phenoxy) is 1. The van der Waals surface area contributed by atoms with Gasteiger partial charge in [0.15, 0.2) is 0 Å². The summed E-state index contributed by atoms with van der Waals surface area (Å²) in [4.78, 5) is 0. The fourth-order valence-electron chi connectivity index (χ4n) is 3.84. The maximum atomic E-state index is 5.81. The van der Waals surface area contributed by atoms with Gasteiger partial charge in [0.05, 0.1) is 0 Å². The van der Waals surface area contributed by atoms with Crippen LogP contribution in [0.3, 0.4) is 0 Å². The van der Waals surface area contributed by atoms with Crippen LogP contribution in [0.25, 0.3) is 0 Å². The van der Waals surface area contributed by atoms with E-state index >= 15 is 0 Å². The number of rotatable bonds is 24. The van der Waals surface area contributed by atoms with Crippen LogP contribution in [0.2, 0.25) is 0 Å². The number of unbranched alkanes of at least 4 members (excludes halogenated alkanes) is 18. The summed E-state index contributed by atoms with van der Waals surface area (Å²) < 4.78 is 5.81. The van der Waals surface area contributed by atoms with Gasteiger partial charge in [0.25, 0.3) is 0 Å². The minimum Gasteiger partial charge on any atom is -0.381 e. The van der Waals surface area contributed by atoms with Crippen LogP contribution in [0.15, 0.2) is 24.3 Å². The zero-order chi connectivity index (χ0) is 21.1. The van der Waals surface area contributed by atoms with Crippen LogP contribution in [0.1, 0.15) is 142 Å². The lowest BCUT2D eigenvalue weighted by molar-refractivity contribution is 0.125. The van der Waals surface area contributed by atoms with Gasteiger partial charge in [-0.2, -0.15) is 0 Å². The topological polar surface area (TPSA) is 9.23 Å². The van der Waals surface area contributed by atoms with E-state index in [2.05, 4.69) is 38.2 Å². The molecule has 29 heavy (non-hydrogen) atoms. The van der Waals surface area contributed by atoms with Crippen LogP contribution >= 0.6 is 0 Å². The molecule has 0 aromatic carbocycles. The summed E-state index contributed by atoms with van der Waals surface area (Å²) in [6, 6.07) is 0. The number of hydrogen-bond donors (Lipinski definition) is 0. The van der Waals surface area contributed by atoms with E-state index in [1.807, 2.05) is 0 Å². The minimum absolute atomic E-state index is 0.984. The lowest BCUT2D eigenvalue weighted by Gasteiger charge is -2.05. The molecule has 0 heterocycles. The quantitative estimate of drug-likeness (QED) is 0.114. The molecule has 0 aromatic rings. The summed E-state index contributed by atoms with van der Waals surface area (Å²) in [5.41, 5.74) is 0. The van der Waals surface area contributed by atoms with Gasteiger partial charge in [0.2, 0.25) is 0 Å². The molecule has 0 aliphatic carbocycles. The van der Waals surface area contributed by atoms with E-state index in [1.54, 1.807) is 0 Å². The second kappa shape index (κ2) is 27.4. The fourth-order valence-corrected chi connectivity index (χ4v) is 3.84. The number of allylic oxidation sites excluding steroid dienone is 4. The van der Waals surface area contributed by atoms with Crippen molar-refractivity contribution < 1.29 is 4.74 Å². The molecular formula is C28H54O. The molecule has 0 saturated heterocycles. The van der Waals surface area contributed by atoms with E-state index in [1.165, 1.54) is 128 Å². The first kappa shape index (κ1) is 28.4. The predicted octanol–water partition coefficient (Wildman–Crippen LogP) is 9.96. The van der Waals surface area contributed by atoms with Crippen molar-refractivity contribution in [2.45, 2.75) is 142 Å². The average molecular weight is 407 g/mol. The van der Waals surface area contributed by atoms with Crippen LogP contribution in [-0.2, 0) is 4.74 Å². The summed E-state index contributed by atoms with van der Waals surface area (Å²) >= 11 is 0. The third-order valence-corrected chi connectivity index (χ3v) is 5.79. The molecule has 0 bridgehead atoms. The Labute approximate surface area is 184 Å². The first-order valence-corrected chi connectivity index (χ1v) is 13.2. The summed E-state index contributed by atoms with van der Waals surface area (Å²) in [5, 5.41) is 0. The van der Waals surface area contributed by atoms with E-state index < -0.39 is 0 Å². The molecule has 0 aliphatic heterocycles. The summed E-state index contributed by atoms with van der Waals surface area (Å²) in [6.07, 6.45) is 36.5. The van der Waals surface area contributed by atoms with Crippen molar-refractivity contribution in [1.82, 2.24) is 0 Å². The molecule has 0 amide bonds. The third kappa shape index (κ3) is 27.4. The molecule has 172 valence electrons. The Balaban J connectivity index is 3.00. The van der Waals surface area contributed by atoms with Crippen LogP contribution in [0.5, 0.6) is 0 Å². The summed E-state index contributed by atoms with van der Waals surface area (Å²) in [5.74, 6) is 0. The van der Waals surface area contributed by atoms with E-state index in [-0.39, 0.29) is 0 Å². The molecule has 0 unspecified atom stereocenters. The van der Waals surface area contributed by atoms with Crippen LogP contribution in [0.4, 0.5) is 0 Å². The van der Waals surface area contributed by atoms with E-state index in [0.29, 0.717) is 0 Å². The van der Waals surface area contributed by atoms with Gasteiger partial charge in [-0.3, -0.25) is 0 Å². The van der Waals surface area contributed by atoms with Crippen molar-refractivity contribution in [2.24, 2.45) is 0 Å². The van der Waals surface area contributed by atoms with Crippen LogP contribution in [-0.4, -0.2) is 13.2 Å². The molecule has 0 N–H and O–H groups in total. The Hall–Kier alpha value is -0.560. The van der Waals surface area contributed by atoms with E-state index in [4.69, 9.17) is 4.74 Å². The molecular weight excluding hydrogens is 352 g/mol. The summed E-state index contributed by atoms with van der Waals surface area (Å²) in [6.45, 7) is 6.20. The zero-order valence-corrected chi connectivity index (χ0v) is 20.3. The molecule has 0 spiro atoms. The largest absolute Gasteiger partial charge is 0.381 e. The SMILES string of the molecule is CC=CCCCCCCCCCCCOCCCCCCCCCCCC=CC. The average Bonchev–Trinajstić information content (AvgIpc) is 2.74. The van der Waals surface area contributed by atoms with Crippen LogP contribution in [0, 0.1) is 0 Å². The third-order valence-electron chi connectivity index (χ3n) is 5.79. The molecule has 0 fully saturated rings. The van der Waals surface area contributed by atoms with Crippen molar-refractivity contribution in [3.63, 3.8) is 0 Å². The Bertz CT molecular complexity index is 299. The normalized spacial score (nSPS) is 11.9. The zero-order valence-electron chi connectivity index (χ0n) is 20.3. The Morgan fingerprint density at radius 2 is 0.655 bits per heavy atom. The number of hydrogen-bond acceptors (Lipinski definition) is 1. The highest BCUT2D eigenvalue weighted by molar-refractivity contribution is 4.76. The van der Waals surface area contributed by atoms with Crippen molar-refractivity contribution in [3.05, 3.63) is 24.3 Å². The van der Waals surface area contributed by atoms with Gasteiger partial charge in [-0.05, 0) is 52.4 Å².